The Kier molecular flexibility index (Phi) is 6.15. The van der Waals surface area contributed by atoms with Crippen molar-refractivity contribution in [1.82, 2.24) is 10.2 Å². The van der Waals surface area contributed by atoms with Crippen molar-refractivity contribution in [3.63, 3.8) is 0 Å². The summed E-state index contributed by atoms with van der Waals surface area (Å²) in [5, 5.41) is 3.94. The van der Waals surface area contributed by atoms with Crippen molar-refractivity contribution in [1.29, 1.82) is 0 Å². The molecule has 112 valence electrons. The van der Waals surface area contributed by atoms with Crippen LogP contribution < -0.4 is 5.32 Å². The molecule has 1 atom stereocenters. The number of hydrogen-bond donors (Lipinski definition) is 1. The van der Waals surface area contributed by atoms with Crippen LogP contribution in [0.2, 0.25) is 0 Å². The minimum atomic E-state index is 0.724. The molecule has 2 fully saturated rings. The predicted molar refractivity (Wildman–Crippen MR) is 83.5 cm³/mol. The van der Waals surface area contributed by atoms with E-state index in [9.17, 15) is 0 Å². The van der Waals surface area contributed by atoms with Crippen LogP contribution in [0.3, 0.4) is 0 Å². The summed E-state index contributed by atoms with van der Waals surface area (Å²) in [7, 11) is 0. The summed E-state index contributed by atoms with van der Waals surface area (Å²) in [6, 6.07) is 1.53. The van der Waals surface area contributed by atoms with Gasteiger partial charge in [0.15, 0.2) is 0 Å². The minimum Gasteiger partial charge on any atom is -0.311 e. The molecule has 1 heterocycles. The Bertz CT molecular complexity index is 238. The van der Waals surface area contributed by atoms with Crippen LogP contribution >= 0.6 is 0 Å². The van der Waals surface area contributed by atoms with Gasteiger partial charge in [-0.05, 0) is 83.3 Å². The van der Waals surface area contributed by atoms with Crippen molar-refractivity contribution in [2.45, 2.75) is 77.8 Å². The fourth-order valence-corrected chi connectivity index (χ4v) is 3.93. The fourth-order valence-electron chi connectivity index (χ4n) is 3.93. The molecular weight excluding hydrogens is 232 g/mol. The van der Waals surface area contributed by atoms with Gasteiger partial charge in [-0.15, -0.1) is 0 Å². The molecule has 0 aromatic carbocycles. The Labute approximate surface area is 120 Å². The third kappa shape index (κ3) is 4.75. The van der Waals surface area contributed by atoms with Crippen molar-refractivity contribution in [2.75, 3.05) is 19.6 Å². The van der Waals surface area contributed by atoms with E-state index < -0.39 is 0 Å². The van der Waals surface area contributed by atoms with E-state index in [1.54, 1.807) is 0 Å². The molecule has 1 aliphatic carbocycles. The predicted octanol–water partition coefficient (Wildman–Crippen LogP) is 3.67. The molecule has 1 saturated heterocycles. The summed E-state index contributed by atoms with van der Waals surface area (Å²) in [5.41, 5.74) is 0. The van der Waals surface area contributed by atoms with Crippen molar-refractivity contribution < 1.29 is 0 Å². The first-order valence-corrected chi connectivity index (χ1v) is 8.67. The Morgan fingerprint density at radius 1 is 1.05 bits per heavy atom. The first kappa shape index (κ1) is 15.3. The molecule has 2 rings (SSSR count). The highest BCUT2D eigenvalue weighted by atomic mass is 15.1. The van der Waals surface area contributed by atoms with Gasteiger partial charge in [0.2, 0.25) is 0 Å². The standard InChI is InChI=1S/C17H34N2/c1-4-11-19-12-9-16(10-13-19)15(3)18-17-7-5-14(2)6-8-17/h14-18H,4-13H2,1-3H3. The molecule has 2 nitrogen and oxygen atoms in total. The molecule has 0 aromatic rings. The van der Waals surface area contributed by atoms with E-state index in [4.69, 9.17) is 0 Å². The topological polar surface area (TPSA) is 15.3 Å². The maximum atomic E-state index is 3.94. The van der Waals surface area contributed by atoms with Gasteiger partial charge >= 0.3 is 0 Å². The first-order chi connectivity index (χ1) is 9.19. The molecule has 0 spiro atoms. The number of rotatable bonds is 5. The zero-order valence-corrected chi connectivity index (χ0v) is 13.3. The lowest BCUT2D eigenvalue weighted by Crippen LogP contribution is -2.46. The van der Waals surface area contributed by atoms with Gasteiger partial charge in [-0.25, -0.2) is 0 Å². The lowest BCUT2D eigenvalue weighted by molar-refractivity contribution is 0.152. The minimum absolute atomic E-state index is 0.724. The lowest BCUT2D eigenvalue weighted by Gasteiger charge is -2.37. The molecule has 1 aliphatic heterocycles. The first-order valence-electron chi connectivity index (χ1n) is 8.67. The number of hydrogen-bond acceptors (Lipinski definition) is 2. The van der Waals surface area contributed by atoms with Crippen molar-refractivity contribution >= 4 is 0 Å². The fraction of sp³-hybridized carbons (Fsp3) is 1.00. The molecule has 0 amide bonds. The van der Waals surface area contributed by atoms with Crippen molar-refractivity contribution in [2.24, 2.45) is 11.8 Å². The molecule has 0 bridgehead atoms. The number of nitrogens with zero attached hydrogens (tertiary/aromatic N) is 1. The van der Waals surface area contributed by atoms with Crippen LogP contribution in [-0.4, -0.2) is 36.6 Å². The van der Waals surface area contributed by atoms with E-state index in [1.807, 2.05) is 0 Å². The van der Waals surface area contributed by atoms with Crippen LogP contribution in [0.25, 0.3) is 0 Å². The van der Waals surface area contributed by atoms with Crippen molar-refractivity contribution in [3.8, 4) is 0 Å². The van der Waals surface area contributed by atoms with E-state index >= 15 is 0 Å². The van der Waals surface area contributed by atoms with Crippen LogP contribution in [-0.2, 0) is 0 Å². The quantitative estimate of drug-likeness (QED) is 0.817. The average Bonchev–Trinajstić information content (AvgIpc) is 2.42. The normalized spacial score (nSPS) is 32.4. The maximum absolute atomic E-state index is 3.94. The smallest absolute Gasteiger partial charge is 0.00705 e. The number of likely N-dealkylation sites (tertiary alicyclic amines) is 1. The van der Waals surface area contributed by atoms with E-state index in [1.165, 1.54) is 64.6 Å². The van der Waals surface area contributed by atoms with E-state index in [0.717, 1.165) is 23.9 Å². The molecule has 0 aromatic heterocycles. The molecule has 0 radical (unpaired) electrons. The Balaban J connectivity index is 1.68. The van der Waals surface area contributed by atoms with E-state index in [0.29, 0.717) is 0 Å². The molecule has 1 saturated carbocycles. The molecular formula is C17H34N2. The number of nitrogens with one attached hydrogen (secondary N) is 1. The largest absolute Gasteiger partial charge is 0.311 e. The maximum Gasteiger partial charge on any atom is 0.00705 e. The average molecular weight is 266 g/mol. The lowest BCUT2D eigenvalue weighted by atomic mass is 9.85. The third-order valence-corrected chi connectivity index (χ3v) is 5.39. The Morgan fingerprint density at radius 3 is 2.26 bits per heavy atom. The second kappa shape index (κ2) is 7.64. The van der Waals surface area contributed by atoms with Gasteiger partial charge in [-0.2, -0.15) is 0 Å². The van der Waals surface area contributed by atoms with Gasteiger partial charge in [0, 0.05) is 12.1 Å². The Hall–Kier alpha value is -0.0800. The summed E-state index contributed by atoms with van der Waals surface area (Å²) in [6.07, 6.45) is 9.77. The summed E-state index contributed by atoms with van der Waals surface area (Å²) < 4.78 is 0. The van der Waals surface area contributed by atoms with Crippen LogP contribution in [0, 0.1) is 11.8 Å². The summed E-state index contributed by atoms with van der Waals surface area (Å²) >= 11 is 0. The van der Waals surface area contributed by atoms with Crippen molar-refractivity contribution in [3.05, 3.63) is 0 Å². The van der Waals surface area contributed by atoms with E-state index in [2.05, 4.69) is 31.0 Å². The van der Waals surface area contributed by atoms with Gasteiger partial charge in [-0.1, -0.05) is 13.8 Å². The zero-order chi connectivity index (χ0) is 13.7. The van der Waals surface area contributed by atoms with Gasteiger partial charge in [0.05, 0.1) is 0 Å². The summed E-state index contributed by atoms with van der Waals surface area (Å²) in [5.74, 6) is 1.87. The highest BCUT2D eigenvalue weighted by molar-refractivity contribution is 4.84. The monoisotopic (exact) mass is 266 g/mol. The van der Waals surface area contributed by atoms with Gasteiger partial charge in [0.1, 0.15) is 0 Å². The number of piperidine rings is 1. The molecule has 1 N–H and O–H groups in total. The molecule has 2 heteroatoms. The van der Waals surface area contributed by atoms with Gasteiger partial charge in [0.25, 0.3) is 0 Å². The molecule has 2 aliphatic rings. The third-order valence-electron chi connectivity index (χ3n) is 5.39. The Morgan fingerprint density at radius 2 is 1.68 bits per heavy atom. The molecule has 19 heavy (non-hydrogen) atoms. The van der Waals surface area contributed by atoms with Crippen LogP contribution in [0.1, 0.15) is 65.7 Å². The molecule has 1 unspecified atom stereocenters. The zero-order valence-electron chi connectivity index (χ0n) is 13.3. The summed E-state index contributed by atoms with van der Waals surface area (Å²) in [4.78, 5) is 2.64. The SMILES string of the molecule is CCCN1CCC(C(C)NC2CCC(C)CC2)CC1. The van der Waals surface area contributed by atoms with Crippen LogP contribution in [0.15, 0.2) is 0 Å². The van der Waals surface area contributed by atoms with E-state index in [-0.39, 0.29) is 0 Å². The van der Waals surface area contributed by atoms with Gasteiger partial charge < -0.3 is 10.2 Å². The highest BCUT2D eigenvalue weighted by Gasteiger charge is 2.26. The van der Waals surface area contributed by atoms with Gasteiger partial charge in [-0.3, -0.25) is 0 Å². The van der Waals surface area contributed by atoms with Crippen LogP contribution in [0.4, 0.5) is 0 Å². The summed E-state index contributed by atoms with van der Waals surface area (Å²) in [6.45, 7) is 11.1. The highest BCUT2D eigenvalue weighted by Crippen LogP contribution is 2.26. The second-order valence-electron chi connectivity index (χ2n) is 7.09. The second-order valence-corrected chi connectivity index (χ2v) is 7.09. The van der Waals surface area contributed by atoms with Crippen LogP contribution in [0.5, 0.6) is 0 Å².